The largest absolute Gasteiger partial charge is 0.495 e. The summed E-state index contributed by atoms with van der Waals surface area (Å²) < 4.78 is 33.8. The molecule has 3 aromatic rings. The molecule has 0 saturated carbocycles. The van der Waals surface area contributed by atoms with Crippen molar-refractivity contribution in [3.63, 3.8) is 0 Å². The molecule has 0 aliphatic heterocycles. The van der Waals surface area contributed by atoms with Gasteiger partial charge in [-0.3, -0.25) is 20.3 Å². The van der Waals surface area contributed by atoms with Gasteiger partial charge in [0, 0.05) is 17.2 Å². The van der Waals surface area contributed by atoms with E-state index in [4.69, 9.17) is 16.3 Å². The number of anilines is 2. The summed E-state index contributed by atoms with van der Waals surface area (Å²) in [4.78, 5) is 10.2. The van der Waals surface area contributed by atoms with Crippen LogP contribution in [0.1, 0.15) is 12.5 Å². The van der Waals surface area contributed by atoms with Crippen LogP contribution in [-0.4, -0.2) is 26.2 Å². The second kappa shape index (κ2) is 9.67. The normalized spacial score (nSPS) is 11.7. The van der Waals surface area contributed by atoms with Crippen LogP contribution in [-0.2, 0) is 10.0 Å². The predicted octanol–water partition coefficient (Wildman–Crippen LogP) is 4.89. The first-order valence-electron chi connectivity index (χ1n) is 9.22. The summed E-state index contributed by atoms with van der Waals surface area (Å²) in [5, 5.41) is 16.0. The van der Waals surface area contributed by atoms with Gasteiger partial charge in [-0.15, -0.1) is 0 Å². The maximum absolute atomic E-state index is 13.1. The van der Waals surface area contributed by atoms with Crippen molar-refractivity contribution in [1.29, 1.82) is 0 Å². The number of nitro groups is 1. The van der Waals surface area contributed by atoms with Crippen LogP contribution in [0.5, 0.6) is 5.75 Å². The Balaban J connectivity index is 2.00. The fraction of sp³-hybridized carbons (Fsp3) is 0.0952. The summed E-state index contributed by atoms with van der Waals surface area (Å²) in [7, 11) is -2.83. The Morgan fingerprint density at radius 2 is 1.75 bits per heavy atom. The van der Waals surface area contributed by atoms with E-state index in [1.807, 2.05) is 0 Å². The van der Waals surface area contributed by atoms with Crippen LogP contribution in [0.2, 0.25) is 5.02 Å². The summed E-state index contributed by atoms with van der Waals surface area (Å²) in [6.45, 7) is 1.73. The molecule has 9 nitrogen and oxygen atoms in total. The summed E-state index contributed by atoms with van der Waals surface area (Å²) in [5.41, 5.74) is 3.88. The Morgan fingerprint density at radius 1 is 1.06 bits per heavy atom. The van der Waals surface area contributed by atoms with Crippen molar-refractivity contribution >= 4 is 44.4 Å². The first kappa shape index (κ1) is 23.0. The van der Waals surface area contributed by atoms with Crippen molar-refractivity contribution in [2.45, 2.75) is 11.8 Å². The Labute approximate surface area is 189 Å². The first-order chi connectivity index (χ1) is 15.2. The number of hydrazone groups is 1. The fourth-order valence-corrected chi connectivity index (χ4v) is 4.14. The molecule has 0 amide bonds. The highest BCUT2D eigenvalue weighted by atomic mass is 35.5. The molecule has 166 valence electrons. The summed E-state index contributed by atoms with van der Waals surface area (Å²) >= 11 is 5.90. The quantitative estimate of drug-likeness (QED) is 0.272. The molecule has 0 aliphatic rings. The predicted molar refractivity (Wildman–Crippen MR) is 124 cm³/mol. The number of rotatable bonds is 8. The van der Waals surface area contributed by atoms with E-state index >= 15 is 0 Å². The zero-order valence-corrected chi connectivity index (χ0v) is 18.6. The SMILES string of the molecule is COc1ccccc1NS(=O)(=O)c1cc([N+](=O)[O-])ccc1N/N=C(\C)c1ccc(Cl)cc1. The molecular formula is C21H19ClN4O5S. The number of nitro benzene ring substituents is 1. The lowest BCUT2D eigenvalue weighted by Gasteiger charge is -2.14. The molecule has 11 heteroatoms. The van der Waals surface area contributed by atoms with Gasteiger partial charge in [-0.05, 0) is 42.8 Å². The number of hydrogen-bond acceptors (Lipinski definition) is 7. The zero-order valence-electron chi connectivity index (χ0n) is 17.1. The van der Waals surface area contributed by atoms with Crippen molar-refractivity contribution in [1.82, 2.24) is 0 Å². The van der Waals surface area contributed by atoms with Gasteiger partial charge >= 0.3 is 0 Å². The van der Waals surface area contributed by atoms with E-state index in [0.29, 0.717) is 16.5 Å². The first-order valence-corrected chi connectivity index (χ1v) is 11.1. The molecule has 0 atom stereocenters. The summed E-state index contributed by atoms with van der Waals surface area (Å²) in [5.74, 6) is 0.299. The van der Waals surface area contributed by atoms with Crippen LogP contribution in [0, 0.1) is 10.1 Å². The number of non-ortho nitro benzene ring substituents is 1. The number of nitrogens with zero attached hydrogens (tertiary/aromatic N) is 2. The second-order valence-electron chi connectivity index (χ2n) is 6.56. The average Bonchev–Trinajstić information content (AvgIpc) is 2.77. The third kappa shape index (κ3) is 5.34. The topological polar surface area (TPSA) is 123 Å². The van der Waals surface area contributed by atoms with E-state index in [1.165, 1.54) is 25.3 Å². The molecular weight excluding hydrogens is 456 g/mol. The van der Waals surface area contributed by atoms with Gasteiger partial charge in [0.2, 0.25) is 0 Å². The van der Waals surface area contributed by atoms with Crippen LogP contribution in [0.25, 0.3) is 0 Å². The van der Waals surface area contributed by atoms with Gasteiger partial charge in [0.15, 0.2) is 0 Å². The van der Waals surface area contributed by atoms with Crippen LogP contribution < -0.4 is 14.9 Å². The van der Waals surface area contributed by atoms with Gasteiger partial charge < -0.3 is 4.74 Å². The highest BCUT2D eigenvalue weighted by molar-refractivity contribution is 7.93. The molecule has 0 fully saturated rings. The van der Waals surface area contributed by atoms with Gasteiger partial charge in [0.05, 0.1) is 29.1 Å². The van der Waals surface area contributed by atoms with Crippen LogP contribution in [0.15, 0.2) is 76.7 Å². The zero-order chi connectivity index (χ0) is 23.3. The number of nitrogens with one attached hydrogen (secondary N) is 2. The van der Waals surface area contributed by atoms with Crippen LogP contribution in [0.3, 0.4) is 0 Å². The van der Waals surface area contributed by atoms with E-state index in [0.717, 1.165) is 11.6 Å². The number of para-hydroxylation sites is 2. The van der Waals surface area contributed by atoms with Crippen molar-refractivity contribution in [2.75, 3.05) is 17.3 Å². The Morgan fingerprint density at radius 3 is 2.41 bits per heavy atom. The number of benzene rings is 3. The molecule has 0 unspecified atom stereocenters. The van der Waals surface area contributed by atoms with Gasteiger partial charge in [-0.25, -0.2) is 8.42 Å². The summed E-state index contributed by atoms with van der Waals surface area (Å²) in [6, 6.07) is 16.8. The maximum atomic E-state index is 13.1. The van der Waals surface area contributed by atoms with Gasteiger partial charge in [0.1, 0.15) is 10.6 Å². The number of methoxy groups -OCH3 is 1. The van der Waals surface area contributed by atoms with Crippen LogP contribution in [0.4, 0.5) is 17.1 Å². The number of sulfonamides is 1. The van der Waals surface area contributed by atoms with Gasteiger partial charge in [0.25, 0.3) is 15.7 Å². The van der Waals surface area contributed by atoms with Crippen molar-refractivity contribution < 1.29 is 18.1 Å². The molecule has 0 radical (unpaired) electrons. The number of halogens is 1. The molecule has 0 bridgehead atoms. The highest BCUT2D eigenvalue weighted by Gasteiger charge is 2.24. The van der Waals surface area contributed by atoms with Crippen molar-refractivity contribution in [2.24, 2.45) is 5.10 Å². The second-order valence-corrected chi connectivity index (χ2v) is 8.65. The molecule has 0 aromatic heterocycles. The molecule has 0 spiro atoms. The Bertz CT molecular complexity index is 1280. The average molecular weight is 475 g/mol. The van der Waals surface area contributed by atoms with E-state index in [-0.39, 0.29) is 22.0 Å². The standard InChI is InChI=1S/C21H19ClN4O5S/c1-14(15-7-9-16(22)10-8-15)23-24-19-12-11-17(26(27)28)13-21(19)32(29,30)25-18-5-3-4-6-20(18)31-2/h3-13,24-25H,1-2H3/b23-14+. The minimum absolute atomic E-state index is 0.0614. The third-order valence-corrected chi connectivity index (χ3v) is 6.08. The van der Waals surface area contributed by atoms with Gasteiger partial charge in [-0.1, -0.05) is 35.9 Å². The molecule has 0 heterocycles. The van der Waals surface area contributed by atoms with Crippen LogP contribution >= 0.6 is 11.6 Å². The Hall–Kier alpha value is -3.63. The molecule has 0 saturated heterocycles. The van der Waals surface area contributed by atoms with E-state index in [1.54, 1.807) is 49.4 Å². The van der Waals surface area contributed by atoms with Gasteiger partial charge in [-0.2, -0.15) is 5.10 Å². The molecule has 32 heavy (non-hydrogen) atoms. The molecule has 2 N–H and O–H groups in total. The van der Waals surface area contributed by atoms with E-state index in [2.05, 4.69) is 15.2 Å². The third-order valence-electron chi connectivity index (χ3n) is 4.42. The smallest absolute Gasteiger partial charge is 0.270 e. The number of hydrogen-bond donors (Lipinski definition) is 2. The molecule has 3 rings (SSSR count). The number of ether oxygens (including phenoxy) is 1. The lowest BCUT2D eigenvalue weighted by Crippen LogP contribution is -2.16. The van der Waals surface area contributed by atoms with Crippen molar-refractivity contribution in [3.05, 3.63) is 87.4 Å². The lowest BCUT2D eigenvalue weighted by atomic mass is 10.1. The summed E-state index contributed by atoms with van der Waals surface area (Å²) in [6.07, 6.45) is 0. The van der Waals surface area contributed by atoms with E-state index < -0.39 is 14.9 Å². The Kier molecular flexibility index (Phi) is 6.96. The van der Waals surface area contributed by atoms with E-state index in [9.17, 15) is 18.5 Å². The minimum atomic E-state index is -4.23. The minimum Gasteiger partial charge on any atom is -0.495 e. The monoisotopic (exact) mass is 474 g/mol. The molecule has 3 aromatic carbocycles. The maximum Gasteiger partial charge on any atom is 0.270 e. The highest BCUT2D eigenvalue weighted by Crippen LogP contribution is 2.31. The molecule has 0 aliphatic carbocycles. The fourth-order valence-electron chi connectivity index (χ4n) is 2.77. The van der Waals surface area contributed by atoms with Crippen molar-refractivity contribution in [3.8, 4) is 5.75 Å². The lowest BCUT2D eigenvalue weighted by molar-refractivity contribution is -0.385.